The molecule has 2 aromatic rings. The fourth-order valence-corrected chi connectivity index (χ4v) is 3.38. The summed E-state index contributed by atoms with van der Waals surface area (Å²) in [6, 6.07) is 8.07. The van der Waals surface area contributed by atoms with Crippen LogP contribution < -0.4 is 9.57 Å². The number of nitrogens with zero attached hydrogens (tertiary/aromatic N) is 1. The van der Waals surface area contributed by atoms with Gasteiger partial charge in [-0.1, -0.05) is 23.7 Å². The Bertz CT molecular complexity index is 895. The maximum Gasteiger partial charge on any atom is 0.276 e. The molecule has 0 bridgehead atoms. The Kier molecular flexibility index (Phi) is 5.36. The van der Waals surface area contributed by atoms with E-state index >= 15 is 0 Å². The summed E-state index contributed by atoms with van der Waals surface area (Å²) in [6.07, 6.45) is 1.27. The molecule has 24 heavy (non-hydrogen) atoms. The molecule has 0 radical (unpaired) electrons. The van der Waals surface area contributed by atoms with E-state index in [2.05, 4.69) is 9.93 Å². The Balaban J connectivity index is 2.25. The van der Waals surface area contributed by atoms with Crippen molar-refractivity contribution in [2.75, 3.05) is 7.11 Å². The minimum atomic E-state index is -3.78. The highest BCUT2D eigenvalue weighted by molar-refractivity contribution is 7.89. The molecule has 0 spiro atoms. The Morgan fingerprint density at radius 1 is 1.25 bits per heavy atom. The molecule has 0 amide bonds. The molecule has 0 saturated carbocycles. The van der Waals surface area contributed by atoms with Crippen molar-refractivity contribution in [2.24, 2.45) is 5.10 Å². The lowest BCUT2D eigenvalue weighted by molar-refractivity contribution is 0.373. The van der Waals surface area contributed by atoms with Gasteiger partial charge in [-0.2, -0.15) is 13.5 Å². The summed E-state index contributed by atoms with van der Waals surface area (Å²) in [7, 11) is -2.39. The lowest BCUT2D eigenvalue weighted by Crippen LogP contribution is -2.19. The van der Waals surface area contributed by atoms with Crippen LogP contribution >= 0.6 is 11.6 Å². The number of sulfonamides is 1. The summed E-state index contributed by atoms with van der Waals surface area (Å²) in [6.45, 7) is 3.52. The molecular weight excluding hydrogens is 352 g/mol. The molecule has 6 nitrogen and oxygen atoms in total. The van der Waals surface area contributed by atoms with Crippen LogP contribution in [0.25, 0.3) is 0 Å². The number of halogens is 1. The summed E-state index contributed by atoms with van der Waals surface area (Å²) >= 11 is 5.87. The Labute approximate surface area is 145 Å². The summed E-state index contributed by atoms with van der Waals surface area (Å²) in [5.41, 5.74) is 1.93. The number of aryl methyl sites for hydroxylation is 2. The van der Waals surface area contributed by atoms with Gasteiger partial charge in [0.2, 0.25) is 0 Å². The third kappa shape index (κ3) is 3.98. The van der Waals surface area contributed by atoms with E-state index in [9.17, 15) is 13.5 Å². The van der Waals surface area contributed by atoms with Crippen LogP contribution in [0.5, 0.6) is 11.5 Å². The largest absolute Gasteiger partial charge is 0.503 e. The Morgan fingerprint density at radius 3 is 2.62 bits per heavy atom. The number of methoxy groups -OCH3 is 1. The third-order valence-corrected chi connectivity index (χ3v) is 4.94. The average molecular weight is 369 g/mol. The molecule has 2 aromatic carbocycles. The molecule has 0 aliphatic heterocycles. The molecule has 0 saturated heterocycles. The van der Waals surface area contributed by atoms with Gasteiger partial charge in [-0.3, -0.25) is 0 Å². The van der Waals surface area contributed by atoms with Crippen molar-refractivity contribution in [1.29, 1.82) is 0 Å². The Morgan fingerprint density at radius 2 is 1.96 bits per heavy atom. The van der Waals surface area contributed by atoms with Crippen LogP contribution in [0.15, 0.2) is 40.3 Å². The number of phenolic OH excluding ortho intramolecular Hbond substituents is 1. The van der Waals surface area contributed by atoms with E-state index in [1.807, 2.05) is 13.0 Å². The summed E-state index contributed by atoms with van der Waals surface area (Å²) in [5.74, 6) is -0.0198. The van der Waals surface area contributed by atoms with Crippen molar-refractivity contribution in [1.82, 2.24) is 4.83 Å². The highest BCUT2D eigenvalue weighted by Gasteiger charge is 2.16. The monoisotopic (exact) mass is 368 g/mol. The summed E-state index contributed by atoms with van der Waals surface area (Å²) < 4.78 is 29.6. The van der Waals surface area contributed by atoms with Crippen LogP contribution in [0.4, 0.5) is 0 Å². The van der Waals surface area contributed by atoms with Crippen LogP contribution in [-0.4, -0.2) is 26.8 Å². The molecule has 0 aliphatic carbocycles. The topological polar surface area (TPSA) is 88.0 Å². The number of phenols is 1. The van der Waals surface area contributed by atoms with E-state index in [0.717, 1.165) is 5.56 Å². The minimum absolute atomic E-state index is 0.0770. The predicted octanol–water partition coefficient (Wildman–Crippen LogP) is 2.98. The normalized spacial score (nSPS) is 11.7. The number of hydrazone groups is 1. The van der Waals surface area contributed by atoms with Crippen LogP contribution in [0, 0.1) is 13.8 Å². The molecule has 0 heterocycles. The average Bonchev–Trinajstić information content (AvgIpc) is 2.52. The van der Waals surface area contributed by atoms with Crippen molar-refractivity contribution in [2.45, 2.75) is 18.7 Å². The first-order valence-corrected chi connectivity index (χ1v) is 8.79. The first-order chi connectivity index (χ1) is 11.2. The predicted molar refractivity (Wildman–Crippen MR) is 93.5 cm³/mol. The second kappa shape index (κ2) is 7.11. The zero-order valence-electron chi connectivity index (χ0n) is 13.4. The van der Waals surface area contributed by atoms with E-state index in [4.69, 9.17) is 16.3 Å². The van der Waals surface area contributed by atoms with Crippen LogP contribution in [0.1, 0.15) is 16.7 Å². The maximum absolute atomic E-state index is 12.3. The third-order valence-electron chi connectivity index (χ3n) is 3.29. The van der Waals surface area contributed by atoms with Crippen molar-refractivity contribution < 1.29 is 18.3 Å². The van der Waals surface area contributed by atoms with Gasteiger partial charge in [0.1, 0.15) is 0 Å². The fraction of sp³-hybridized carbons (Fsp3) is 0.188. The molecular formula is C16H17ClN2O4S. The highest BCUT2D eigenvalue weighted by atomic mass is 35.5. The van der Waals surface area contributed by atoms with Crippen molar-refractivity contribution in [3.8, 4) is 11.5 Å². The molecule has 8 heteroatoms. The minimum Gasteiger partial charge on any atom is -0.503 e. The second-order valence-corrected chi connectivity index (χ2v) is 7.21. The molecule has 0 aromatic heterocycles. The number of rotatable bonds is 5. The summed E-state index contributed by atoms with van der Waals surface area (Å²) in [5, 5.41) is 13.5. The van der Waals surface area contributed by atoms with Gasteiger partial charge in [0.25, 0.3) is 10.0 Å². The zero-order chi connectivity index (χ0) is 17.9. The molecule has 0 fully saturated rings. The Hall–Kier alpha value is -2.25. The molecule has 2 rings (SSSR count). The number of aromatic hydroxyl groups is 1. The van der Waals surface area contributed by atoms with E-state index < -0.39 is 10.0 Å². The summed E-state index contributed by atoms with van der Waals surface area (Å²) in [4.78, 5) is 2.33. The van der Waals surface area contributed by atoms with Crippen molar-refractivity contribution in [3.63, 3.8) is 0 Å². The smallest absolute Gasteiger partial charge is 0.276 e. The standard InChI is InChI=1S/C16H17ClN2O4S/c1-10-4-5-11(2)15(6-10)24(21,22)19-18-9-12-7-13(17)16(20)14(8-12)23-3/h4-9,19-20H,1-3H3/b18-9+. The molecule has 128 valence electrons. The zero-order valence-corrected chi connectivity index (χ0v) is 14.9. The van der Waals surface area contributed by atoms with E-state index in [1.165, 1.54) is 25.5 Å². The van der Waals surface area contributed by atoms with Gasteiger partial charge >= 0.3 is 0 Å². The quantitative estimate of drug-likeness (QED) is 0.627. The maximum atomic E-state index is 12.3. The van der Waals surface area contributed by atoms with Crippen LogP contribution in [0.2, 0.25) is 5.02 Å². The van der Waals surface area contributed by atoms with E-state index in [1.54, 1.807) is 19.1 Å². The van der Waals surface area contributed by atoms with E-state index in [0.29, 0.717) is 11.1 Å². The van der Waals surface area contributed by atoms with Gasteiger partial charge in [0, 0.05) is 0 Å². The number of hydrogen-bond donors (Lipinski definition) is 2. The van der Waals surface area contributed by atoms with Crippen molar-refractivity contribution in [3.05, 3.63) is 52.0 Å². The number of ether oxygens (including phenoxy) is 1. The van der Waals surface area contributed by atoms with Crippen LogP contribution in [0.3, 0.4) is 0 Å². The van der Waals surface area contributed by atoms with Crippen LogP contribution in [-0.2, 0) is 10.0 Å². The first kappa shape index (κ1) is 18.1. The molecule has 0 atom stereocenters. The fourth-order valence-electron chi connectivity index (χ4n) is 2.04. The van der Waals surface area contributed by atoms with E-state index in [-0.39, 0.29) is 21.4 Å². The van der Waals surface area contributed by atoms with Gasteiger partial charge in [-0.15, -0.1) is 0 Å². The number of benzene rings is 2. The van der Waals surface area contributed by atoms with Gasteiger partial charge in [0.05, 0.1) is 23.2 Å². The molecule has 0 aliphatic rings. The lowest BCUT2D eigenvalue weighted by atomic mass is 10.2. The van der Waals surface area contributed by atoms with Gasteiger partial charge in [0.15, 0.2) is 11.5 Å². The highest BCUT2D eigenvalue weighted by Crippen LogP contribution is 2.34. The van der Waals surface area contributed by atoms with Gasteiger partial charge < -0.3 is 9.84 Å². The van der Waals surface area contributed by atoms with Gasteiger partial charge in [-0.05, 0) is 48.7 Å². The molecule has 2 N–H and O–H groups in total. The van der Waals surface area contributed by atoms with Crippen molar-refractivity contribution >= 4 is 27.8 Å². The number of nitrogens with one attached hydrogen (secondary N) is 1. The SMILES string of the molecule is COc1cc(/C=N/NS(=O)(=O)c2cc(C)ccc2C)cc(Cl)c1O. The second-order valence-electron chi connectivity index (χ2n) is 5.18. The first-order valence-electron chi connectivity index (χ1n) is 6.93. The lowest BCUT2D eigenvalue weighted by Gasteiger charge is -2.08. The van der Waals surface area contributed by atoms with Gasteiger partial charge in [-0.25, -0.2) is 4.83 Å². The molecule has 0 unspecified atom stereocenters. The number of hydrogen-bond acceptors (Lipinski definition) is 5.